The van der Waals surface area contributed by atoms with Gasteiger partial charge < -0.3 is 13.7 Å². The first kappa shape index (κ1) is 12.6. The molecule has 0 aliphatic carbocycles. The number of hydrogen-bond acceptors (Lipinski definition) is 4. The summed E-state index contributed by atoms with van der Waals surface area (Å²) >= 11 is 0. The van der Waals surface area contributed by atoms with Gasteiger partial charge in [0.05, 0.1) is 12.8 Å². The molecule has 0 spiro atoms. The topological polar surface area (TPSA) is 53.1 Å². The van der Waals surface area contributed by atoms with Gasteiger partial charge in [0.1, 0.15) is 23.2 Å². The summed E-state index contributed by atoms with van der Waals surface area (Å²) in [6.07, 6.45) is 6.88. The molecule has 3 aromatic heterocycles. The van der Waals surface area contributed by atoms with Crippen molar-refractivity contribution in [1.82, 2.24) is 14.5 Å². The molecule has 0 saturated carbocycles. The molecule has 108 valence electrons. The maximum Gasteiger partial charge on any atom is 0.160 e. The van der Waals surface area contributed by atoms with Gasteiger partial charge in [0.15, 0.2) is 5.65 Å². The van der Waals surface area contributed by atoms with Crippen molar-refractivity contribution in [3.8, 4) is 0 Å². The highest BCUT2D eigenvalue weighted by atomic mass is 16.5. The van der Waals surface area contributed by atoms with Gasteiger partial charge in [0, 0.05) is 12.8 Å². The average molecular weight is 283 g/mol. The lowest BCUT2D eigenvalue weighted by molar-refractivity contribution is 0.00773. The number of imidazole rings is 1. The van der Waals surface area contributed by atoms with E-state index in [2.05, 4.69) is 9.55 Å². The highest BCUT2D eigenvalue weighted by Gasteiger charge is 2.24. The Balaban J connectivity index is 1.80. The number of ether oxygens (including phenoxy) is 1. The van der Waals surface area contributed by atoms with Crippen molar-refractivity contribution in [1.29, 1.82) is 0 Å². The smallest absolute Gasteiger partial charge is 0.160 e. The molecule has 1 aliphatic heterocycles. The van der Waals surface area contributed by atoms with E-state index in [4.69, 9.17) is 14.1 Å². The molecule has 0 amide bonds. The van der Waals surface area contributed by atoms with E-state index >= 15 is 0 Å². The van der Waals surface area contributed by atoms with E-state index in [-0.39, 0.29) is 6.10 Å². The summed E-state index contributed by atoms with van der Waals surface area (Å²) in [7, 11) is 0. The van der Waals surface area contributed by atoms with E-state index in [0.717, 1.165) is 42.2 Å². The number of furan rings is 1. The number of nitrogens with zero attached hydrogens (tertiary/aromatic N) is 3. The van der Waals surface area contributed by atoms with Crippen molar-refractivity contribution in [3.05, 3.63) is 48.3 Å². The van der Waals surface area contributed by atoms with Gasteiger partial charge in [-0.2, -0.15) is 0 Å². The molecule has 0 N–H and O–H groups in total. The highest BCUT2D eigenvalue weighted by molar-refractivity contribution is 5.71. The zero-order valence-electron chi connectivity index (χ0n) is 11.7. The van der Waals surface area contributed by atoms with Crippen molar-refractivity contribution >= 4 is 11.2 Å². The third-order valence-corrected chi connectivity index (χ3v) is 3.90. The summed E-state index contributed by atoms with van der Waals surface area (Å²) in [6, 6.07) is 7.78. The van der Waals surface area contributed by atoms with E-state index < -0.39 is 0 Å². The van der Waals surface area contributed by atoms with Crippen LogP contribution < -0.4 is 0 Å². The average Bonchev–Trinajstić information content (AvgIpc) is 3.17. The lowest BCUT2D eigenvalue weighted by Crippen LogP contribution is -2.17. The second kappa shape index (κ2) is 5.33. The third-order valence-electron chi connectivity index (χ3n) is 3.90. The van der Waals surface area contributed by atoms with Gasteiger partial charge in [0.25, 0.3) is 0 Å². The summed E-state index contributed by atoms with van der Waals surface area (Å²) in [5.74, 6) is 1.86. The summed E-state index contributed by atoms with van der Waals surface area (Å²) in [5.41, 5.74) is 1.80. The van der Waals surface area contributed by atoms with Crippen molar-refractivity contribution in [2.45, 2.75) is 31.9 Å². The lowest BCUT2D eigenvalue weighted by atomic mass is 10.1. The molecule has 0 aromatic carbocycles. The van der Waals surface area contributed by atoms with E-state index in [1.807, 2.05) is 24.3 Å². The Labute approximate surface area is 122 Å². The van der Waals surface area contributed by atoms with E-state index in [9.17, 15) is 0 Å². The fourth-order valence-electron chi connectivity index (χ4n) is 2.88. The molecule has 21 heavy (non-hydrogen) atoms. The Hall–Kier alpha value is -2.14. The first-order valence-electron chi connectivity index (χ1n) is 7.37. The predicted octanol–water partition coefficient (Wildman–Crippen LogP) is 3.31. The quantitative estimate of drug-likeness (QED) is 0.740. The Kier molecular flexibility index (Phi) is 3.20. The molecule has 0 bridgehead atoms. The summed E-state index contributed by atoms with van der Waals surface area (Å²) < 4.78 is 13.5. The van der Waals surface area contributed by atoms with Crippen LogP contribution in [0.4, 0.5) is 0 Å². The zero-order chi connectivity index (χ0) is 14.1. The summed E-state index contributed by atoms with van der Waals surface area (Å²) in [5, 5.41) is 0. The van der Waals surface area contributed by atoms with Gasteiger partial charge in [-0.1, -0.05) is 0 Å². The van der Waals surface area contributed by atoms with Crippen molar-refractivity contribution in [3.63, 3.8) is 0 Å². The van der Waals surface area contributed by atoms with E-state index in [1.165, 1.54) is 6.42 Å². The minimum absolute atomic E-state index is 0.0583. The Morgan fingerprint density at radius 2 is 2.24 bits per heavy atom. The van der Waals surface area contributed by atoms with Crippen LogP contribution in [0.5, 0.6) is 0 Å². The maximum atomic E-state index is 5.91. The van der Waals surface area contributed by atoms with Crippen LogP contribution in [0.1, 0.15) is 37.0 Å². The second-order valence-corrected chi connectivity index (χ2v) is 5.34. The van der Waals surface area contributed by atoms with Gasteiger partial charge in [-0.3, -0.25) is 0 Å². The first-order chi connectivity index (χ1) is 10.4. The molecule has 4 rings (SSSR count). The van der Waals surface area contributed by atoms with Crippen LogP contribution in [-0.4, -0.2) is 21.1 Å². The third kappa shape index (κ3) is 2.34. The lowest BCUT2D eigenvalue weighted by Gasteiger charge is -2.22. The number of rotatable bonds is 3. The molecule has 0 radical (unpaired) electrons. The molecular formula is C16H17N3O2. The van der Waals surface area contributed by atoms with Crippen LogP contribution in [0.3, 0.4) is 0 Å². The van der Waals surface area contributed by atoms with Crippen molar-refractivity contribution in [2.75, 3.05) is 6.61 Å². The Bertz CT molecular complexity index is 727. The maximum absolute atomic E-state index is 5.91. The fourth-order valence-corrected chi connectivity index (χ4v) is 2.88. The molecule has 1 unspecified atom stereocenters. The second-order valence-electron chi connectivity index (χ2n) is 5.34. The van der Waals surface area contributed by atoms with Gasteiger partial charge in [-0.05, 0) is 43.5 Å². The predicted molar refractivity (Wildman–Crippen MR) is 77.9 cm³/mol. The molecular weight excluding hydrogens is 266 g/mol. The zero-order valence-corrected chi connectivity index (χ0v) is 11.7. The number of aromatic nitrogens is 3. The van der Waals surface area contributed by atoms with Crippen LogP contribution in [0, 0.1) is 0 Å². The van der Waals surface area contributed by atoms with Crippen LogP contribution in [0.25, 0.3) is 11.2 Å². The van der Waals surface area contributed by atoms with Crippen molar-refractivity contribution in [2.24, 2.45) is 0 Å². The molecule has 4 heterocycles. The highest BCUT2D eigenvalue weighted by Crippen LogP contribution is 2.29. The van der Waals surface area contributed by atoms with E-state index in [1.54, 1.807) is 12.5 Å². The van der Waals surface area contributed by atoms with Crippen LogP contribution in [0.2, 0.25) is 0 Å². The summed E-state index contributed by atoms with van der Waals surface area (Å²) in [6.45, 7) is 1.44. The minimum Gasteiger partial charge on any atom is -0.467 e. The van der Waals surface area contributed by atoms with Crippen LogP contribution in [0.15, 0.2) is 41.1 Å². The largest absolute Gasteiger partial charge is 0.467 e. The number of pyridine rings is 1. The van der Waals surface area contributed by atoms with Gasteiger partial charge in [-0.15, -0.1) is 0 Å². The number of hydrogen-bond donors (Lipinski definition) is 0. The molecule has 5 heteroatoms. The SMILES string of the molecule is c1coc(Cn2c(C3CCCCO3)nc3cccnc32)c1. The van der Waals surface area contributed by atoms with Crippen LogP contribution in [-0.2, 0) is 11.3 Å². The Morgan fingerprint density at radius 1 is 1.24 bits per heavy atom. The van der Waals surface area contributed by atoms with Crippen molar-refractivity contribution < 1.29 is 9.15 Å². The molecule has 5 nitrogen and oxygen atoms in total. The summed E-state index contributed by atoms with van der Waals surface area (Å²) in [4.78, 5) is 9.23. The molecule has 1 atom stereocenters. The van der Waals surface area contributed by atoms with E-state index in [0.29, 0.717) is 6.54 Å². The Morgan fingerprint density at radius 3 is 3.05 bits per heavy atom. The fraction of sp³-hybridized carbons (Fsp3) is 0.375. The standard InChI is InChI=1S/C16H17N3O2/c1-2-9-21-14(7-1)16-18-13-6-3-8-17-15(13)19(16)11-12-5-4-10-20-12/h3-6,8,10,14H,1-2,7,9,11H2. The number of fused-ring (bicyclic) bond motifs is 1. The first-order valence-corrected chi connectivity index (χ1v) is 7.37. The molecule has 1 aliphatic rings. The van der Waals surface area contributed by atoms with Gasteiger partial charge in [-0.25, -0.2) is 9.97 Å². The minimum atomic E-state index is 0.0583. The molecule has 1 saturated heterocycles. The molecule has 3 aromatic rings. The normalized spacial score (nSPS) is 19.1. The van der Waals surface area contributed by atoms with Crippen LogP contribution >= 0.6 is 0 Å². The van der Waals surface area contributed by atoms with Gasteiger partial charge >= 0.3 is 0 Å². The molecule has 1 fully saturated rings. The monoisotopic (exact) mass is 283 g/mol. The van der Waals surface area contributed by atoms with Gasteiger partial charge in [0.2, 0.25) is 0 Å².